The number of fused-ring (bicyclic) bond motifs is 1. The molecule has 0 amide bonds. The Bertz CT molecular complexity index is 615. The molecule has 0 bridgehead atoms. The predicted octanol–water partition coefficient (Wildman–Crippen LogP) is 5.20. The Balaban J connectivity index is 0.000000595. The van der Waals surface area contributed by atoms with E-state index in [4.69, 9.17) is 11.6 Å². The van der Waals surface area contributed by atoms with Crippen molar-refractivity contribution in [3.63, 3.8) is 0 Å². The molecule has 1 aromatic heterocycles. The molecule has 4 heteroatoms. The number of aryl methyl sites for hydroxylation is 1. The minimum absolute atomic E-state index is 0.765. The summed E-state index contributed by atoms with van der Waals surface area (Å²) in [6, 6.07) is 6.25. The van der Waals surface area contributed by atoms with Gasteiger partial charge in [-0.3, -0.25) is 0 Å². The maximum Gasteiger partial charge on any atom is 0.0941 e. The Morgan fingerprint density at radius 1 is 1.26 bits per heavy atom. The van der Waals surface area contributed by atoms with Gasteiger partial charge in [-0.05, 0) is 43.5 Å². The number of hydrogen-bond acceptors (Lipinski definition) is 2. The molecule has 3 rings (SSSR count). The molecular weight excluding hydrogens is 306 g/mol. The number of nitrogens with one attached hydrogen (secondary N) is 2. The molecule has 2 heterocycles. The number of halogens is 1. The highest BCUT2D eigenvalue weighted by Gasteiger charge is 2.13. The van der Waals surface area contributed by atoms with E-state index in [1.807, 2.05) is 13.0 Å². The zero-order chi connectivity index (χ0) is 16.8. The molecule has 0 unspecified atom stereocenters. The summed E-state index contributed by atoms with van der Waals surface area (Å²) in [7, 11) is 0. The van der Waals surface area contributed by atoms with Crippen LogP contribution < -0.4 is 5.32 Å². The number of rotatable bonds is 4. The molecule has 1 aliphatic heterocycles. The first-order valence-corrected chi connectivity index (χ1v) is 8.88. The molecule has 1 aromatic carbocycles. The van der Waals surface area contributed by atoms with Gasteiger partial charge >= 0.3 is 0 Å². The minimum Gasteiger partial charge on any atom is -0.367 e. The number of hydrogen-bond donors (Lipinski definition) is 2. The van der Waals surface area contributed by atoms with E-state index in [2.05, 4.69) is 47.8 Å². The monoisotopic (exact) mass is 333 g/mol. The second-order valence-corrected chi connectivity index (χ2v) is 6.59. The van der Waals surface area contributed by atoms with Crippen molar-refractivity contribution in [1.82, 2.24) is 15.2 Å². The van der Waals surface area contributed by atoms with Gasteiger partial charge in [0.25, 0.3) is 0 Å². The van der Waals surface area contributed by atoms with Crippen LogP contribution >= 0.6 is 11.6 Å². The number of likely N-dealkylation sites (tertiary alicyclic amines) is 1. The van der Waals surface area contributed by atoms with E-state index < -0.39 is 0 Å². The van der Waals surface area contributed by atoms with Gasteiger partial charge in [0.05, 0.1) is 12.4 Å². The average Bonchev–Trinajstić information content (AvgIpc) is 3.15. The number of nitrogens with zero attached hydrogens (tertiary/aromatic N) is 1. The van der Waals surface area contributed by atoms with Crippen molar-refractivity contribution in [1.29, 1.82) is 0 Å². The molecule has 0 aliphatic carbocycles. The summed E-state index contributed by atoms with van der Waals surface area (Å²) in [4.78, 5) is 5.74. The normalized spacial score (nSPS) is 13.8. The third kappa shape index (κ3) is 4.68. The Morgan fingerprint density at radius 2 is 1.91 bits per heavy atom. The molecule has 23 heavy (non-hydrogen) atoms. The maximum atomic E-state index is 6.16. The molecule has 2 N–H and O–H groups in total. The second kappa shape index (κ2) is 8.30. The van der Waals surface area contributed by atoms with Crippen LogP contribution in [0.4, 0.5) is 0 Å². The molecular formula is C19H28ClN3. The third-order valence-corrected chi connectivity index (χ3v) is 4.33. The first-order chi connectivity index (χ1) is 11.0. The zero-order valence-corrected chi connectivity index (χ0v) is 15.3. The van der Waals surface area contributed by atoms with Crippen LogP contribution in [0.3, 0.4) is 0 Å². The molecule has 1 aliphatic rings. The Hall–Kier alpha value is -1.61. The average molecular weight is 334 g/mol. The van der Waals surface area contributed by atoms with Crippen molar-refractivity contribution in [3.05, 3.63) is 46.9 Å². The topological polar surface area (TPSA) is 31.1 Å². The van der Waals surface area contributed by atoms with Gasteiger partial charge in [-0.2, -0.15) is 0 Å². The fourth-order valence-corrected chi connectivity index (χ4v) is 2.88. The summed E-state index contributed by atoms with van der Waals surface area (Å²) >= 11 is 6.16. The van der Waals surface area contributed by atoms with Crippen molar-refractivity contribution in [2.45, 2.75) is 46.6 Å². The first-order valence-electron chi connectivity index (χ1n) is 8.50. The quantitative estimate of drug-likeness (QED) is 0.805. The molecule has 1 fully saturated rings. The summed E-state index contributed by atoms with van der Waals surface area (Å²) < 4.78 is 0. The molecule has 3 nitrogen and oxygen atoms in total. The number of aromatic amines is 1. The molecule has 1 saturated heterocycles. The lowest BCUT2D eigenvalue weighted by Gasteiger charge is -2.21. The largest absolute Gasteiger partial charge is 0.367 e. The van der Waals surface area contributed by atoms with Crippen molar-refractivity contribution in [2.24, 2.45) is 0 Å². The van der Waals surface area contributed by atoms with Crippen LogP contribution in [0.1, 0.15) is 44.4 Å². The van der Waals surface area contributed by atoms with E-state index in [9.17, 15) is 0 Å². The lowest BCUT2D eigenvalue weighted by Crippen LogP contribution is -2.28. The van der Waals surface area contributed by atoms with Crippen molar-refractivity contribution >= 4 is 22.5 Å². The molecule has 126 valence electrons. The highest BCUT2D eigenvalue weighted by Crippen LogP contribution is 2.24. The van der Waals surface area contributed by atoms with E-state index in [0.29, 0.717) is 0 Å². The number of aromatic nitrogens is 1. The highest BCUT2D eigenvalue weighted by molar-refractivity contribution is 6.32. The second-order valence-electron chi connectivity index (χ2n) is 6.18. The van der Waals surface area contributed by atoms with Crippen LogP contribution in [0.5, 0.6) is 0 Å². The predicted molar refractivity (Wildman–Crippen MR) is 101 cm³/mol. The van der Waals surface area contributed by atoms with Crippen LogP contribution in [0.15, 0.2) is 30.6 Å². The molecule has 0 spiro atoms. The van der Waals surface area contributed by atoms with Gasteiger partial charge in [-0.1, -0.05) is 38.4 Å². The molecule has 0 atom stereocenters. The lowest BCUT2D eigenvalue weighted by molar-refractivity contribution is 0.390. The van der Waals surface area contributed by atoms with E-state index in [0.717, 1.165) is 52.6 Å². The summed E-state index contributed by atoms with van der Waals surface area (Å²) in [5.41, 5.74) is 3.39. The Morgan fingerprint density at radius 3 is 2.57 bits per heavy atom. The van der Waals surface area contributed by atoms with E-state index in [1.165, 1.54) is 19.3 Å². The van der Waals surface area contributed by atoms with Crippen molar-refractivity contribution in [2.75, 3.05) is 13.1 Å². The first kappa shape index (κ1) is 17.7. The Labute approximate surface area is 144 Å². The summed E-state index contributed by atoms with van der Waals surface area (Å²) in [5, 5.41) is 5.37. The van der Waals surface area contributed by atoms with Crippen LogP contribution in [0, 0.1) is 6.92 Å². The van der Waals surface area contributed by atoms with Gasteiger partial charge < -0.3 is 15.2 Å². The summed E-state index contributed by atoms with van der Waals surface area (Å²) in [6.07, 6.45) is 3.79. The van der Waals surface area contributed by atoms with Crippen molar-refractivity contribution in [3.8, 4) is 0 Å². The van der Waals surface area contributed by atoms with Gasteiger partial charge in [0.15, 0.2) is 0 Å². The standard InChI is InChI=1S/C16H20ClN3.C3H8/c1-11-7-16-13(9-15(11)17)8-14(19-16)10-18-12(2)20-5-3-4-6-20;1-3-2/h7-9,18-19H,2-6,10H2,1H3;3H2,1-2H3. The van der Waals surface area contributed by atoms with E-state index in [1.54, 1.807) is 0 Å². The Kier molecular flexibility index (Phi) is 6.40. The van der Waals surface area contributed by atoms with Gasteiger partial charge in [-0.15, -0.1) is 0 Å². The molecule has 0 saturated carbocycles. The molecule has 0 radical (unpaired) electrons. The number of H-pyrrole nitrogens is 1. The van der Waals surface area contributed by atoms with Gasteiger partial charge in [0.2, 0.25) is 0 Å². The van der Waals surface area contributed by atoms with Gasteiger partial charge in [0, 0.05) is 34.7 Å². The summed E-state index contributed by atoms with van der Waals surface area (Å²) in [6.45, 7) is 13.4. The van der Waals surface area contributed by atoms with Gasteiger partial charge in [-0.25, -0.2) is 0 Å². The van der Waals surface area contributed by atoms with Crippen LogP contribution in [0.2, 0.25) is 5.02 Å². The number of benzene rings is 1. The van der Waals surface area contributed by atoms with Crippen LogP contribution in [-0.4, -0.2) is 23.0 Å². The van der Waals surface area contributed by atoms with Crippen LogP contribution in [0.25, 0.3) is 10.9 Å². The van der Waals surface area contributed by atoms with E-state index >= 15 is 0 Å². The van der Waals surface area contributed by atoms with Crippen LogP contribution in [-0.2, 0) is 6.54 Å². The maximum absolute atomic E-state index is 6.16. The fraction of sp³-hybridized carbons (Fsp3) is 0.474. The highest BCUT2D eigenvalue weighted by atomic mass is 35.5. The van der Waals surface area contributed by atoms with Gasteiger partial charge in [0.1, 0.15) is 0 Å². The summed E-state index contributed by atoms with van der Waals surface area (Å²) in [5.74, 6) is 1.02. The lowest BCUT2D eigenvalue weighted by atomic mass is 10.2. The van der Waals surface area contributed by atoms with E-state index in [-0.39, 0.29) is 0 Å². The molecule has 2 aromatic rings. The fourth-order valence-electron chi connectivity index (χ4n) is 2.71. The minimum atomic E-state index is 0.765. The van der Waals surface area contributed by atoms with Crippen molar-refractivity contribution < 1.29 is 0 Å². The third-order valence-electron chi connectivity index (χ3n) is 3.93. The zero-order valence-electron chi connectivity index (χ0n) is 14.5. The smallest absolute Gasteiger partial charge is 0.0941 e. The SMILES string of the molecule is C=C(NCc1cc2cc(Cl)c(C)cc2[nH]1)N1CCCC1.CCC.